The molecule has 1 atom stereocenters. The highest BCUT2D eigenvalue weighted by Gasteiger charge is 2.29. The average Bonchev–Trinajstić information content (AvgIpc) is 2.15. The Hall–Kier alpha value is -1.68. The minimum Gasteiger partial charge on any atom is -0.478 e. The van der Waals surface area contributed by atoms with Crippen LogP contribution in [0.5, 0.6) is 0 Å². The lowest BCUT2D eigenvalue weighted by molar-refractivity contribution is -0.133. The van der Waals surface area contributed by atoms with E-state index in [1.807, 2.05) is 0 Å². The van der Waals surface area contributed by atoms with E-state index in [4.69, 9.17) is 16.7 Å². The number of amides is 1. The van der Waals surface area contributed by atoms with Crippen molar-refractivity contribution in [3.63, 3.8) is 0 Å². The molecule has 2 rings (SSSR count). The maximum absolute atomic E-state index is 11.1. The Bertz CT molecular complexity index is 471. The number of carboxylic acid groups (broad SMARTS) is 1. The predicted molar refractivity (Wildman–Crippen MR) is 54.7 cm³/mol. The van der Waals surface area contributed by atoms with Crippen molar-refractivity contribution in [1.29, 1.82) is 0 Å². The Morgan fingerprint density at radius 1 is 1.47 bits per heavy atom. The largest absolute Gasteiger partial charge is 0.478 e. The van der Waals surface area contributed by atoms with Crippen molar-refractivity contribution >= 4 is 29.2 Å². The molecule has 1 unspecified atom stereocenters. The van der Waals surface area contributed by atoms with E-state index in [0.29, 0.717) is 10.7 Å². The van der Waals surface area contributed by atoms with Crippen molar-refractivity contribution in [3.8, 4) is 0 Å². The smallest absolute Gasteiger partial charge is 0.332 e. The number of carbonyl (C=O) groups excluding carboxylic acids is 1. The molecule has 0 radical (unpaired) electrons. The molecule has 0 aromatic rings. The fraction of sp³-hybridized carbons (Fsp3) is 0.100. The van der Waals surface area contributed by atoms with Gasteiger partial charge in [-0.1, -0.05) is 17.7 Å². The topological polar surface area (TPSA) is 66.7 Å². The molecule has 0 aromatic carbocycles. The molecule has 1 aliphatic carbocycles. The number of nitrogens with zero attached hydrogens (tertiary/aromatic N) is 1. The van der Waals surface area contributed by atoms with Crippen LogP contribution in [0.25, 0.3) is 0 Å². The molecule has 5 heteroatoms. The highest BCUT2D eigenvalue weighted by atomic mass is 35.5. The van der Waals surface area contributed by atoms with E-state index in [2.05, 4.69) is 4.99 Å². The molecule has 1 aliphatic heterocycles. The van der Waals surface area contributed by atoms with Crippen LogP contribution < -0.4 is 0 Å². The van der Waals surface area contributed by atoms with Crippen LogP contribution in [0.1, 0.15) is 0 Å². The first-order valence-electron chi connectivity index (χ1n) is 4.21. The molecule has 0 saturated carbocycles. The molecule has 0 aromatic heterocycles. The zero-order valence-corrected chi connectivity index (χ0v) is 8.23. The molecule has 0 fully saturated rings. The predicted octanol–water partition coefficient (Wildman–Crippen LogP) is 1.29. The fourth-order valence-electron chi connectivity index (χ4n) is 1.51. The maximum atomic E-state index is 11.1. The lowest BCUT2D eigenvalue weighted by Gasteiger charge is -2.19. The van der Waals surface area contributed by atoms with Crippen molar-refractivity contribution in [1.82, 2.24) is 0 Å². The summed E-state index contributed by atoms with van der Waals surface area (Å²) in [7, 11) is 0. The third-order valence-electron chi connectivity index (χ3n) is 2.15. The van der Waals surface area contributed by atoms with E-state index in [1.54, 1.807) is 12.2 Å². The summed E-state index contributed by atoms with van der Waals surface area (Å²) in [5, 5.41) is 9.33. The Morgan fingerprint density at radius 3 is 2.87 bits per heavy atom. The van der Waals surface area contributed by atoms with Gasteiger partial charge in [-0.2, -0.15) is 0 Å². The number of carbonyl (C=O) groups is 2. The molecule has 1 amide bonds. The summed E-state index contributed by atoms with van der Waals surface area (Å²) in [4.78, 5) is 25.7. The molecular formula is C10H6ClNO3. The summed E-state index contributed by atoms with van der Waals surface area (Å²) in [5.74, 6) is -2.14. The SMILES string of the molecule is O=C1C=C(C(=O)O)C2C=CC(Cl)=CC2=N1. The number of hydrogen-bond donors (Lipinski definition) is 1. The molecule has 1 heterocycles. The average molecular weight is 224 g/mol. The van der Waals surface area contributed by atoms with Crippen molar-refractivity contribution in [2.45, 2.75) is 0 Å². The van der Waals surface area contributed by atoms with Gasteiger partial charge in [0.2, 0.25) is 0 Å². The van der Waals surface area contributed by atoms with Gasteiger partial charge >= 0.3 is 5.97 Å². The molecule has 76 valence electrons. The van der Waals surface area contributed by atoms with Crippen molar-refractivity contribution in [3.05, 3.63) is 34.9 Å². The monoisotopic (exact) mass is 223 g/mol. The van der Waals surface area contributed by atoms with Gasteiger partial charge in [-0.05, 0) is 12.2 Å². The summed E-state index contributed by atoms with van der Waals surface area (Å²) >= 11 is 5.73. The van der Waals surface area contributed by atoms with Crippen molar-refractivity contribution in [2.24, 2.45) is 10.9 Å². The van der Waals surface area contributed by atoms with E-state index in [-0.39, 0.29) is 5.57 Å². The third kappa shape index (κ3) is 1.76. The van der Waals surface area contributed by atoms with Crippen LogP contribution in [0.4, 0.5) is 0 Å². The number of allylic oxidation sites excluding steroid dienone is 4. The van der Waals surface area contributed by atoms with Gasteiger partial charge in [0.05, 0.1) is 17.2 Å². The highest BCUT2D eigenvalue weighted by Crippen LogP contribution is 2.26. The molecule has 2 aliphatic rings. The number of hydrogen-bond acceptors (Lipinski definition) is 2. The third-order valence-corrected chi connectivity index (χ3v) is 2.39. The number of aliphatic carboxylic acids is 1. The first kappa shape index (κ1) is 9.86. The minimum absolute atomic E-state index is 0.0293. The number of halogens is 1. The molecule has 0 saturated heterocycles. The van der Waals surface area contributed by atoms with Crippen LogP contribution >= 0.6 is 11.6 Å². The standard InChI is InChI=1S/C10H6ClNO3/c11-5-1-2-6-7(10(14)15)4-9(13)12-8(6)3-5/h1-4,6H,(H,14,15). The molecular weight excluding hydrogens is 218 g/mol. The Labute approximate surface area is 90.3 Å². The van der Waals surface area contributed by atoms with Crippen LogP contribution in [-0.2, 0) is 9.59 Å². The number of fused-ring (bicyclic) bond motifs is 1. The van der Waals surface area contributed by atoms with Crippen LogP contribution in [0.3, 0.4) is 0 Å². The number of aliphatic imine (C=N–C) groups is 1. The summed E-state index contributed by atoms with van der Waals surface area (Å²) in [6.07, 6.45) is 5.75. The maximum Gasteiger partial charge on any atom is 0.332 e. The molecule has 4 nitrogen and oxygen atoms in total. The first-order valence-corrected chi connectivity index (χ1v) is 4.58. The Kier molecular flexibility index (Phi) is 2.28. The lowest BCUT2D eigenvalue weighted by Crippen LogP contribution is -2.25. The Balaban J connectivity index is 2.46. The van der Waals surface area contributed by atoms with Crippen LogP contribution in [-0.4, -0.2) is 22.7 Å². The van der Waals surface area contributed by atoms with Gasteiger partial charge in [0.1, 0.15) is 0 Å². The number of rotatable bonds is 1. The second-order valence-corrected chi connectivity index (χ2v) is 3.58. The quantitative estimate of drug-likeness (QED) is 0.728. The molecule has 15 heavy (non-hydrogen) atoms. The van der Waals surface area contributed by atoms with E-state index in [0.717, 1.165) is 6.08 Å². The van der Waals surface area contributed by atoms with E-state index in [9.17, 15) is 9.59 Å². The van der Waals surface area contributed by atoms with Crippen LogP contribution in [0.2, 0.25) is 0 Å². The molecule has 1 N–H and O–H groups in total. The van der Waals surface area contributed by atoms with Gasteiger partial charge in [-0.15, -0.1) is 0 Å². The van der Waals surface area contributed by atoms with Crippen molar-refractivity contribution in [2.75, 3.05) is 0 Å². The van der Waals surface area contributed by atoms with Crippen molar-refractivity contribution < 1.29 is 14.7 Å². The minimum atomic E-state index is -1.11. The normalized spacial score (nSPS) is 23.9. The first-order chi connectivity index (χ1) is 7.08. The van der Waals surface area contributed by atoms with Gasteiger partial charge < -0.3 is 5.11 Å². The lowest BCUT2D eigenvalue weighted by atomic mass is 9.88. The zero-order valence-electron chi connectivity index (χ0n) is 7.48. The second kappa shape index (κ2) is 3.47. The van der Waals surface area contributed by atoms with E-state index < -0.39 is 17.8 Å². The second-order valence-electron chi connectivity index (χ2n) is 3.15. The highest BCUT2D eigenvalue weighted by molar-refractivity contribution is 6.34. The van der Waals surface area contributed by atoms with Gasteiger partial charge in [0, 0.05) is 11.1 Å². The number of carboxylic acids is 1. The Morgan fingerprint density at radius 2 is 2.20 bits per heavy atom. The molecule has 0 spiro atoms. The summed E-state index contributed by atoms with van der Waals surface area (Å²) in [6.45, 7) is 0. The summed E-state index contributed by atoms with van der Waals surface area (Å²) in [5.41, 5.74) is 0.411. The number of dihydropyridines is 1. The summed E-state index contributed by atoms with van der Waals surface area (Å²) in [6, 6.07) is 0. The summed E-state index contributed by atoms with van der Waals surface area (Å²) < 4.78 is 0. The molecule has 0 bridgehead atoms. The van der Waals surface area contributed by atoms with Crippen LogP contribution in [0.15, 0.2) is 39.9 Å². The van der Waals surface area contributed by atoms with Crippen LogP contribution in [0, 0.1) is 5.92 Å². The van der Waals surface area contributed by atoms with E-state index in [1.165, 1.54) is 6.08 Å². The van der Waals surface area contributed by atoms with Gasteiger partial charge in [-0.3, -0.25) is 4.79 Å². The fourth-order valence-corrected chi connectivity index (χ4v) is 1.69. The van der Waals surface area contributed by atoms with Gasteiger partial charge in [-0.25, -0.2) is 9.79 Å². The van der Waals surface area contributed by atoms with E-state index >= 15 is 0 Å². The van der Waals surface area contributed by atoms with Gasteiger partial charge in [0.15, 0.2) is 0 Å². The zero-order chi connectivity index (χ0) is 11.0. The van der Waals surface area contributed by atoms with Gasteiger partial charge in [0.25, 0.3) is 5.91 Å².